The van der Waals surface area contributed by atoms with E-state index in [1.807, 2.05) is 0 Å². The van der Waals surface area contributed by atoms with Crippen LogP contribution in [0.15, 0.2) is 0 Å². The zero-order chi connectivity index (χ0) is 20.8. The molecule has 0 radical (unpaired) electrons. The number of hydrogen-bond acceptors (Lipinski definition) is 10. The van der Waals surface area contributed by atoms with E-state index in [0.717, 1.165) is 22.7 Å². The summed E-state index contributed by atoms with van der Waals surface area (Å²) in [6, 6.07) is 0. The molecule has 0 aromatic carbocycles. The van der Waals surface area contributed by atoms with Crippen LogP contribution >= 0.6 is 22.7 Å². The first-order valence-corrected chi connectivity index (χ1v) is 9.59. The lowest BCUT2D eigenvalue weighted by molar-refractivity contribution is -0.121. The molecular formula is C16H18N4O6S2. The minimum absolute atomic E-state index is 0.0910. The molecule has 0 spiro atoms. The second-order valence-electron chi connectivity index (χ2n) is 5.45. The molecule has 0 bridgehead atoms. The van der Waals surface area contributed by atoms with E-state index in [1.54, 1.807) is 13.8 Å². The number of aryl methyl sites for hydroxylation is 2. The van der Waals surface area contributed by atoms with Crippen molar-refractivity contribution in [1.29, 1.82) is 0 Å². The Bertz CT molecular complexity index is 846. The van der Waals surface area contributed by atoms with E-state index in [9.17, 15) is 19.2 Å². The molecule has 2 aromatic rings. The predicted molar refractivity (Wildman–Crippen MR) is 103 cm³/mol. The Balaban J connectivity index is 1.87. The van der Waals surface area contributed by atoms with Gasteiger partial charge in [-0.25, -0.2) is 19.6 Å². The van der Waals surface area contributed by atoms with Crippen molar-refractivity contribution in [2.24, 2.45) is 0 Å². The van der Waals surface area contributed by atoms with E-state index in [2.05, 4.69) is 30.1 Å². The Morgan fingerprint density at radius 2 is 1.14 bits per heavy atom. The molecule has 10 nitrogen and oxygen atoms in total. The van der Waals surface area contributed by atoms with Crippen molar-refractivity contribution in [3.8, 4) is 0 Å². The average molecular weight is 426 g/mol. The molecule has 2 heterocycles. The van der Waals surface area contributed by atoms with Gasteiger partial charge in [0.1, 0.15) is 9.75 Å². The average Bonchev–Trinajstić information content (AvgIpc) is 3.20. The van der Waals surface area contributed by atoms with Crippen LogP contribution in [0, 0.1) is 13.8 Å². The summed E-state index contributed by atoms with van der Waals surface area (Å²) in [5, 5.41) is 5.59. The second-order valence-corrected chi connectivity index (χ2v) is 7.44. The summed E-state index contributed by atoms with van der Waals surface area (Å²) in [7, 11) is 2.52. The van der Waals surface area contributed by atoms with E-state index < -0.39 is 23.8 Å². The first kappa shape index (κ1) is 21.4. The molecule has 2 rings (SSSR count). The van der Waals surface area contributed by atoms with Gasteiger partial charge in [-0.15, -0.1) is 0 Å². The van der Waals surface area contributed by atoms with Gasteiger partial charge in [0.15, 0.2) is 10.3 Å². The van der Waals surface area contributed by atoms with Crippen LogP contribution in [0.5, 0.6) is 0 Å². The Morgan fingerprint density at radius 3 is 1.46 bits per heavy atom. The standard InChI is InChI=1S/C16H18N4O6S2/c1-7-11(13(23)25-3)27-15(17-7)19-9(21)5-6-10(22)20-16-18-8(2)12(28-16)14(24)26-4/h5-6H2,1-4H3,(H,17,19,21)(H,18,20,22). The monoisotopic (exact) mass is 426 g/mol. The van der Waals surface area contributed by atoms with E-state index in [1.165, 1.54) is 14.2 Å². The van der Waals surface area contributed by atoms with Crippen molar-refractivity contribution in [1.82, 2.24) is 9.97 Å². The lowest BCUT2D eigenvalue weighted by Gasteiger charge is -2.02. The summed E-state index contributed by atoms with van der Waals surface area (Å²) < 4.78 is 9.27. The van der Waals surface area contributed by atoms with Crippen molar-refractivity contribution < 1.29 is 28.7 Å². The number of esters is 2. The molecule has 0 aliphatic carbocycles. The second kappa shape index (κ2) is 9.37. The Hall–Kier alpha value is -2.86. The number of carbonyl (C=O) groups is 4. The van der Waals surface area contributed by atoms with E-state index in [0.29, 0.717) is 21.1 Å². The minimum atomic E-state index is -0.528. The van der Waals surface area contributed by atoms with Gasteiger partial charge in [0.25, 0.3) is 0 Å². The van der Waals surface area contributed by atoms with Gasteiger partial charge in [0.05, 0.1) is 25.6 Å². The maximum atomic E-state index is 12.0. The number of amides is 2. The molecule has 12 heteroatoms. The number of aromatic nitrogens is 2. The highest BCUT2D eigenvalue weighted by Gasteiger charge is 2.19. The molecule has 2 amide bonds. The van der Waals surface area contributed by atoms with Crippen LogP contribution in [0.25, 0.3) is 0 Å². The normalized spacial score (nSPS) is 10.3. The Kier molecular flexibility index (Phi) is 7.18. The van der Waals surface area contributed by atoms with Crippen molar-refractivity contribution in [3.63, 3.8) is 0 Å². The van der Waals surface area contributed by atoms with Gasteiger partial charge in [-0.1, -0.05) is 22.7 Å². The van der Waals surface area contributed by atoms with Gasteiger partial charge >= 0.3 is 11.9 Å². The third-order valence-corrected chi connectivity index (χ3v) is 5.51. The molecule has 0 saturated heterocycles. The molecule has 0 saturated carbocycles. The highest BCUT2D eigenvalue weighted by atomic mass is 32.1. The third-order valence-electron chi connectivity index (χ3n) is 3.41. The molecule has 0 fully saturated rings. The molecule has 150 valence electrons. The largest absolute Gasteiger partial charge is 0.465 e. The maximum Gasteiger partial charge on any atom is 0.350 e. The number of ether oxygens (including phenoxy) is 2. The smallest absolute Gasteiger partial charge is 0.350 e. The molecule has 28 heavy (non-hydrogen) atoms. The summed E-state index contributed by atoms with van der Waals surface area (Å²) in [6.45, 7) is 3.26. The van der Waals surface area contributed by atoms with Gasteiger partial charge in [-0.05, 0) is 13.8 Å². The van der Waals surface area contributed by atoms with Crippen LogP contribution in [0.2, 0.25) is 0 Å². The van der Waals surface area contributed by atoms with Crippen LogP contribution in [-0.2, 0) is 19.1 Å². The molecule has 0 unspecified atom stereocenters. The van der Waals surface area contributed by atoms with Gasteiger partial charge in [-0.2, -0.15) is 0 Å². The number of methoxy groups -OCH3 is 2. The quantitative estimate of drug-likeness (QED) is 0.643. The fourth-order valence-corrected chi connectivity index (χ4v) is 3.86. The fraction of sp³-hybridized carbons (Fsp3) is 0.375. The van der Waals surface area contributed by atoms with Gasteiger partial charge in [0.2, 0.25) is 11.8 Å². The van der Waals surface area contributed by atoms with E-state index >= 15 is 0 Å². The zero-order valence-corrected chi connectivity index (χ0v) is 17.2. The summed E-state index contributed by atoms with van der Waals surface area (Å²) in [6.07, 6.45) is -0.182. The van der Waals surface area contributed by atoms with Crippen molar-refractivity contribution in [2.75, 3.05) is 24.9 Å². The van der Waals surface area contributed by atoms with Crippen LogP contribution in [0.3, 0.4) is 0 Å². The molecule has 0 aliphatic heterocycles. The van der Waals surface area contributed by atoms with Crippen LogP contribution < -0.4 is 10.6 Å². The number of hydrogen-bond donors (Lipinski definition) is 2. The molecule has 0 atom stereocenters. The molecular weight excluding hydrogens is 408 g/mol. The number of thiazole rings is 2. The molecule has 2 N–H and O–H groups in total. The predicted octanol–water partition coefficient (Wildman–Crippen LogP) is 2.15. The Labute approximate surface area is 168 Å². The van der Waals surface area contributed by atoms with Crippen molar-refractivity contribution in [3.05, 3.63) is 21.1 Å². The summed E-state index contributed by atoms with van der Waals surface area (Å²) >= 11 is 1.99. The first-order valence-electron chi connectivity index (χ1n) is 7.96. The van der Waals surface area contributed by atoms with Crippen LogP contribution in [0.1, 0.15) is 43.6 Å². The summed E-state index contributed by atoms with van der Waals surface area (Å²) in [5.74, 6) is -1.91. The van der Waals surface area contributed by atoms with Gasteiger partial charge in [-0.3, -0.25) is 9.59 Å². The lowest BCUT2D eigenvalue weighted by Crippen LogP contribution is -2.17. The number of nitrogens with zero attached hydrogens (tertiary/aromatic N) is 2. The first-order chi connectivity index (χ1) is 13.2. The maximum absolute atomic E-state index is 12.0. The van der Waals surface area contributed by atoms with Crippen molar-refractivity contribution >= 4 is 56.7 Å². The van der Waals surface area contributed by atoms with Crippen LogP contribution in [0.4, 0.5) is 10.3 Å². The topological polar surface area (TPSA) is 137 Å². The highest BCUT2D eigenvalue weighted by Crippen LogP contribution is 2.24. The summed E-state index contributed by atoms with van der Waals surface area (Å²) in [5.41, 5.74) is 0.899. The lowest BCUT2D eigenvalue weighted by atomic mass is 10.3. The van der Waals surface area contributed by atoms with Crippen molar-refractivity contribution in [2.45, 2.75) is 26.7 Å². The highest BCUT2D eigenvalue weighted by molar-refractivity contribution is 7.18. The van der Waals surface area contributed by atoms with E-state index in [4.69, 9.17) is 0 Å². The summed E-state index contributed by atoms with van der Waals surface area (Å²) in [4.78, 5) is 55.9. The molecule has 2 aromatic heterocycles. The Morgan fingerprint density at radius 1 is 0.786 bits per heavy atom. The fourth-order valence-electron chi connectivity index (χ4n) is 2.05. The zero-order valence-electron chi connectivity index (χ0n) is 15.6. The minimum Gasteiger partial charge on any atom is -0.465 e. The molecule has 0 aliphatic rings. The number of rotatable bonds is 7. The number of nitrogens with one attached hydrogen (secondary N) is 2. The SMILES string of the molecule is COC(=O)c1sc(NC(=O)CCC(=O)Nc2nc(C)c(C(=O)OC)s2)nc1C. The van der Waals surface area contributed by atoms with Gasteiger partial charge in [0, 0.05) is 12.8 Å². The number of anilines is 2. The van der Waals surface area contributed by atoms with E-state index in [-0.39, 0.29) is 23.1 Å². The van der Waals surface area contributed by atoms with Crippen LogP contribution in [-0.4, -0.2) is 47.9 Å². The van der Waals surface area contributed by atoms with Gasteiger partial charge < -0.3 is 20.1 Å². The third kappa shape index (κ3) is 5.33. The number of carbonyl (C=O) groups excluding carboxylic acids is 4.